The Labute approximate surface area is 386 Å². The van der Waals surface area contributed by atoms with Crippen LogP contribution in [0.3, 0.4) is 0 Å². The van der Waals surface area contributed by atoms with Crippen molar-refractivity contribution >= 4 is 70.3 Å². The molecule has 5 atom stereocenters. The Balaban J connectivity index is 1.56. The maximum Gasteiger partial charge on any atom is 0.326 e. The van der Waals surface area contributed by atoms with Crippen molar-refractivity contribution in [3.63, 3.8) is 0 Å². The number of carboxylic acids is 4. The summed E-state index contributed by atoms with van der Waals surface area (Å²) in [5, 5.41) is 54.3. The van der Waals surface area contributed by atoms with Gasteiger partial charge < -0.3 is 69.5 Å². The number of carboxylic acid groups (broad SMARTS) is 4. The lowest BCUT2D eigenvalue weighted by atomic mass is 9.81. The van der Waals surface area contributed by atoms with Gasteiger partial charge in [-0.2, -0.15) is 0 Å². The van der Waals surface area contributed by atoms with Crippen molar-refractivity contribution in [2.24, 2.45) is 34.0 Å². The minimum Gasteiger partial charge on any atom is -0.481 e. The molecule has 23 nitrogen and oxygen atoms in total. The number of aliphatic carboxylic acids is 4. The van der Waals surface area contributed by atoms with E-state index >= 15 is 0 Å². The smallest absolute Gasteiger partial charge is 0.326 e. The van der Waals surface area contributed by atoms with Crippen molar-refractivity contribution in [2.45, 2.75) is 120 Å². The Morgan fingerprint density at radius 3 is 1.84 bits per heavy atom. The van der Waals surface area contributed by atoms with Gasteiger partial charge in [0.15, 0.2) is 5.96 Å². The van der Waals surface area contributed by atoms with Crippen molar-refractivity contribution in [3.05, 3.63) is 48.0 Å². The summed E-state index contributed by atoms with van der Waals surface area (Å²) in [5.41, 5.74) is 17.4. The number of fused-ring (bicyclic) bond motifs is 1. The second-order valence-electron chi connectivity index (χ2n) is 16.6. The Hall–Kier alpha value is -7.04. The van der Waals surface area contributed by atoms with Crippen LogP contribution in [0.2, 0.25) is 0 Å². The van der Waals surface area contributed by atoms with Gasteiger partial charge in [-0.1, -0.05) is 42.5 Å². The lowest BCUT2D eigenvalue weighted by molar-refractivity contribution is -0.141. The molecule has 1 fully saturated rings. The highest BCUT2D eigenvalue weighted by atomic mass is 16.4. The first-order valence-electron chi connectivity index (χ1n) is 22.2. The first kappa shape index (κ1) is 54.3. The summed E-state index contributed by atoms with van der Waals surface area (Å²) in [5.74, 6) is -7.80. The highest BCUT2D eigenvalue weighted by Crippen LogP contribution is 2.29. The number of urea groups is 1. The molecule has 2 aromatic rings. The summed E-state index contributed by atoms with van der Waals surface area (Å²) in [6.45, 7) is 0.579. The Kier molecular flexibility index (Phi) is 22.8. The number of hydrogen-bond acceptors (Lipinski definition) is 11. The third-order valence-electron chi connectivity index (χ3n) is 11.3. The van der Waals surface area contributed by atoms with Crippen LogP contribution in [-0.4, -0.2) is 130 Å². The van der Waals surface area contributed by atoms with E-state index in [4.69, 9.17) is 22.3 Å². The molecular formula is C44H64N10O13. The van der Waals surface area contributed by atoms with Crippen molar-refractivity contribution < 1.29 is 63.6 Å². The number of unbranched alkanes of at least 4 members (excludes halogenated alkanes) is 1. The molecular weight excluding hydrogens is 877 g/mol. The molecule has 0 radical (unpaired) electrons. The normalized spacial score (nSPS) is 16.7. The molecule has 2 aromatic carbocycles. The number of nitrogens with one attached hydrogen (secondary N) is 6. The molecule has 1 aliphatic carbocycles. The lowest BCUT2D eigenvalue weighted by Gasteiger charge is -2.30. The number of guanidine groups is 1. The zero-order valence-electron chi connectivity index (χ0n) is 37.2. The Bertz CT molecular complexity index is 2070. The standard InChI is InChI=1S/C44H64N10O13/c45-30(8-5-21-49-43(46)47)38(60)51-31(16-18-35(55)56)39(61)50-24-25-10-14-28(15-11-25)37(59)52-34(23-26-12-13-27-6-1-2-7-29(27)22-26)40(62)48-20-4-3-9-32(41(63)64)53-44(67)54-33(42(65)66)17-19-36(57)58/h1-2,6-7,12-13,22,25,28,30-34H,3-5,8-11,14-21,23-24,45H2,(H,48,62)(H,50,61)(H,51,60)(H,52,59)(H,55,56)(H,57,58)(H,63,64)(H,65,66)(H4,46,47,49)(H2,53,54,67)/t25?,28?,30-,31-,32+,33+,34+/m1/s1. The molecule has 0 spiro atoms. The maximum atomic E-state index is 13.7. The van der Waals surface area contributed by atoms with Crippen molar-refractivity contribution in [3.8, 4) is 0 Å². The highest BCUT2D eigenvalue weighted by Gasteiger charge is 2.31. The monoisotopic (exact) mass is 940 g/mol. The van der Waals surface area contributed by atoms with Gasteiger partial charge in [-0.05, 0) is 92.9 Å². The summed E-state index contributed by atoms with van der Waals surface area (Å²) in [4.78, 5) is 115. The topological polar surface area (TPSA) is 397 Å². The molecule has 67 heavy (non-hydrogen) atoms. The van der Waals surface area contributed by atoms with Crippen LogP contribution in [0.15, 0.2) is 47.5 Å². The molecule has 0 bridgehead atoms. The zero-order chi connectivity index (χ0) is 49.5. The molecule has 23 heteroatoms. The van der Waals surface area contributed by atoms with Crippen molar-refractivity contribution in [1.82, 2.24) is 31.9 Å². The van der Waals surface area contributed by atoms with Crippen molar-refractivity contribution in [1.29, 1.82) is 0 Å². The first-order chi connectivity index (χ1) is 31.8. The summed E-state index contributed by atoms with van der Waals surface area (Å²) < 4.78 is 0. The summed E-state index contributed by atoms with van der Waals surface area (Å²) in [6, 6.07) is 6.26. The fourth-order valence-corrected chi connectivity index (χ4v) is 7.51. The second kappa shape index (κ2) is 28.1. The van der Waals surface area contributed by atoms with Gasteiger partial charge in [0.25, 0.3) is 0 Å². The van der Waals surface area contributed by atoms with Crippen LogP contribution in [0.1, 0.15) is 89.0 Å². The van der Waals surface area contributed by atoms with Gasteiger partial charge in [-0.25, -0.2) is 14.4 Å². The van der Waals surface area contributed by atoms with Crippen LogP contribution >= 0.6 is 0 Å². The molecule has 0 unspecified atom stereocenters. The molecule has 0 heterocycles. The van der Waals surface area contributed by atoms with E-state index in [1.807, 2.05) is 42.5 Å². The molecule has 0 aromatic heterocycles. The third kappa shape index (κ3) is 20.3. The fraction of sp³-hybridized carbons (Fsp3) is 0.545. The van der Waals surface area contributed by atoms with Gasteiger partial charge in [-0.15, -0.1) is 0 Å². The number of benzene rings is 2. The number of amides is 6. The van der Waals surface area contributed by atoms with Crippen LogP contribution in [0.5, 0.6) is 0 Å². The minimum atomic E-state index is -1.55. The van der Waals surface area contributed by atoms with Gasteiger partial charge in [0.1, 0.15) is 24.2 Å². The fourth-order valence-electron chi connectivity index (χ4n) is 7.51. The lowest BCUT2D eigenvalue weighted by Crippen LogP contribution is -2.52. The van der Waals surface area contributed by atoms with Crippen LogP contribution in [0.4, 0.5) is 4.79 Å². The number of nitrogens with zero attached hydrogens (tertiary/aromatic N) is 1. The average molecular weight is 941 g/mol. The minimum absolute atomic E-state index is 0.0194. The quantitative estimate of drug-likeness (QED) is 0.0287. The van der Waals surface area contributed by atoms with E-state index in [1.165, 1.54) is 0 Å². The van der Waals surface area contributed by atoms with Crippen molar-refractivity contribution in [2.75, 3.05) is 19.6 Å². The van der Waals surface area contributed by atoms with E-state index in [2.05, 4.69) is 36.9 Å². The van der Waals surface area contributed by atoms with Gasteiger partial charge in [0, 0.05) is 44.8 Å². The van der Waals surface area contributed by atoms with E-state index in [0.29, 0.717) is 32.1 Å². The molecule has 0 saturated heterocycles. The molecule has 16 N–H and O–H groups in total. The average Bonchev–Trinajstić information content (AvgIpc) is 3.28. The molecule has 368 valence electrons. The number of carbonyl (C=O) groups excluding carboxylic acids is 5. The largest absolute Gasteiger partial charge is 0.481 e. The predicted octanol–water partition coefficient (Wildman–Crippen LogP) is -0.123. The van der Waals surface area contributed by atoms with Gasteiger partial charge in [0.2, 0.25) is 23.6 Å². The predicted molar refractivity (Wildman–Crippen MR) is 243 cm³/mol. The van der Waals surface area contributed by atoms with Crippen LogP contribution in [0.25, 0.3) is 10.8 Å². The zero-order valence-corrected chi connectivity index (χ0v) is 37.2. The van der Waals surface area contributed by atoms with Crippen LogP contribution < -0.4 is 49.1 Å². The van der Waals surface area contributed by atoms with E-state index in [9.17, 15) is 58.5 Å². The summed E-state index contributed by atoms with van der Waals surface area (Å²) in [7, 11) is 0. The van der Waals surface area contributed by atoms with Gasteiger partial charge in [0.05, 0.1) is 6.04 Å². The molecule has 3 rings (SSSR count). The highest BCUT2D eigenvalue weighted by molar-refractivity contribution is 5.91. The second-order valence-corrected chi connectivity index (χ2v) is 16.6. The number of aliphatic imine (C=N–C) groups is 1. The van der Waals surface area contributed by atoms with E-state index in [0.717, 1.165) is 16.3 Å². The van der Waals surface area contributed by atoms with Gasteiger partial charge in [-0.3, -0.25) is 33.8 Å². The Morgan fingerprint density at radius 2 is 1.22 bits per heavy atom. The summed E-state index contributed by atoms with van der Waals surface area (Å²) in [6.07, 6.45) is 1.80. The maximum absolute atomic E-state index is 13.7. The van der Waals surface area contributed by atoms with E-state index in [-0.39, 0.29) is 82.4 Å². The van der Waals surface area contributed by atoms with Gasteiger partial charge >= 0.3 is 29.9 Å². The van der Waals surface area contributed by atoms with Crippen LogP contribution in [-0.2, 0) is 44.8 Å². The third-order valence-corrected chi connectivity index (χ3v) is 11.3. The number of nitrogens with two attached hydrogens (primary N) is 3. The molecule has 0 aliphatic heterocycles. The van der Waals surface area contributed by atoms with E-state index in [1.54, 1.807) is 0 Å². The molecule has 6 amide bonds. The van der Waals surface area contributed by atoms with E-state index < -0.39 is 96.6 Å². The first-order valence-corrected chi connectivity index (χ1v) is 22.2. The number of carbonyl (C=O) groups is 9. The number of rotatable bonds is 29. The van der Waals surface area contributed by atoms with Crippen LogP contribution in [0, 0.1) is 11.8 Å². The number of hydrogen-bond donors (Lipinski definition) is 13. The SMILES string of the molecule is NC(N)=NCCC[C@@H](N)C(=O)N[C@H](CCC(=O)O)C(=O)NCC1CCC(C(=O)N[C@@H](Cc2ccc3ccccc3c2)C(=O)NCCCC[C@H](NC(=O)N[C@@H](CCC(=O)O)C(=O)O)C(=O)O)CC1. The molecule has 1 saturated carbocycles. The summed E-state index contributed by atoms with van der Waals surface area (Å²) >= 11 is 0. The Morgan fingerprint density at radius 1 is 0.627 bits per heavy atom. The molecule has 1 aliphatic rings.